The van der Waals surface area contributed by atoms with Crippen molar-refractivity contribution in [2.75, 3.05) is 10.6 Å². The lowest BCUT2D eigenvalue weighted by Crippen LogP contribution is -2.33. The summed E-state index contributed by atoms with van der Waals surface area (Å²) in [5, 5.41) is 25.0. The van der Waals surface area contributed by atoms with E-state index in [0.717, 1.165) is 41.3 Å². The molecular weight excluding hydrogens is 508 g/mol. The predicted molar refractivity (Wildman–Crippen MR) is 132 cm³/mol. The summed E-state index contributed by atoms with van der Waals surface area (Å²) in [6, 6.07) is 3.49. The Bertz CT molecular complexity index is 1240. The van der Waals surface area contributed by atoms with Crippen molar-refractivity contribution >= 4 is 44.8 Å². The van der Waals surface area contributed by atoms with Gasteiger partial charge in [-0.2, -0.15) is 0 Å². The molecule has 0 spiro atoms. The van der Waals surface area contributed by atoms with Crippen LogP contribution in [-0.2, 0) is 16.0 Å². The molecule has 2 saturated carbocycles. The zero-order chi connectivity index (χ0) is 25.3. The van der Waals surface area contributed by atoms with E-state index in [4.69, 9.17) is 0 Å². The topological polar surface area (TPSA) is 123 Å². The predicted octanol–water partition coefficient (Wildman–Crippen LogP) is 4.88. The first-order valence-corrected chi connectivity index (χ1v) is 13.4. The summed E-state index contributed by atoms with van der Waals surface area (Å²) >= 11 is 2.77. The SMILES string of the molecule is CC(=O)Nc1nnc([C@H]2CCC[C@H](c3nnc(NC(=O)Cc4ccc(C5CC(F)(F)C5)cn4)s3)C2)s1. The Morgan fingerprint density at radius 1 is 0.972 bits per heavy atom. The van der Waals surface area contributed by atoms with Gasteiger partial charge in [0.05, 0.1) is 6.42 Å². The van der Waals surface area contributed by atoms with Crippen molar-refractivity contribution in [2.24, 2.45) is 0 Å². The number of anilines is 2. The van der Waals surface area contributed by atoms with Crippen molar-refractivity contribution in [3.8, 4) is 0 Å². The summed E-state index contributed by atoms with van der Waals surface area (Å²) in [6.07, 6.45) is 5.23. The van der Waals surface area contributed by atoms with Crippen LogP contribution in [0.2, 0.25) is 0 Å². The van der Waals surface area contributed by atoms with E-state index in [2.05, 4.69) is 36.0 Å². The van der Waals surface area contributed by atoms with Crippen LogP contribution in [0.15, 0.2) is 18.3 Å². The molecule has 3 heterocycles. The second-order valence-electron chi connectivity index (χ2n) is 9.40. The molecule has 36 heavy (non-hydrogen) atoms. The number of halogens is 2. The van der Waals surface area contributed by atoms with Gasteiger partial charge in [-0.05, 0) is 36.8 Å². The molecule has 0 unspecified atom stereocenters. The maximum atomic E-state index is 13.1. The number of nitrogens with one attached hydrogen (secondary N) is 2. The highest BCUT2D eigenvalue weighted by Gasteiger charge is 2.45. The minimum absolute atomic E-state index is 0.0647. The van der Waals surface area contributed by atoms with Gasteiger partial charge in [0.25, 0.3) is 0 Å². The summed E-state index contributed by atoms with van der Waals surface area (Å²) in [7, 11) is 0. The van der Waals surface area contributed by atoms with Crippen LogP contribution >= 0.6 is 22.7 Å². The quantitative estimate of drug-likeness (QED) is 0.444. The molecule has 3 aromatic rings. The number of amides is 2. The molecule has 0 aromatic carbocycles. The van der Waals surface area contributed by atoms with Crippen LogP contribution in [-0.4, -0.2) is 43.1 Å². The fourth-order valence-electron chi connectivity index (χ4n) is 4.70. The van der Waals surface area contributed by atoms with Crippen LogP contribution in [0.1, 0.15) is 84.5 Å². The number of hydrogen-bond donors (Lipinski definition) is 2. The van der Waals surface area contributed by atoms with Crippen LogP contribution in [0, 0.1) is 0 Å². The van der Waals surface area contributed by atoms with E-state index in [1.807, 2.05) is 0 Å². The van der Waals surface area contributed by atoms with Crippen LogP contribution in [0.25, 0.3) is 0 Å². The van der Waals surface area contributed by atoms with Crippen molar-refractivity contribution in [3.63, 3.8) is 0 Å². The van der Waals surface area contributed by atoms with Crippen molar-refractivity contribution in [2.45, 2.75) is 75.5 Å². The summed E-state index contributed by atoms with van der Waals surface area (Å²) < 4.78 is 26.2. The summed E-state index contributed by atoms with van der Waals surface area (Å²) in [5.74, 6) is -2.71. The standard InChI is InChI=1S/C23H25F2N7O2S2/c1-12(33)27-21-31-29-19(35-21)13-3-2-4-14(7-13)20-30-32-22(36-20)28-18(34)8-17-6-5-15(11-26-17)16-9-23(24,25)10-16/h5-6,11,13-14,16H,2-4,7-10H2,1H3,(H,27,31,33)(H,28,32,34)/t13-,14-/m0/s1. The zero-order valence-electron chi connectivity index (χ0n) is 19.5. The first-order valence-electron chi connectivity index (χ1n) is 11.8. The van der Waals surface area contributed by atoms with Crippen molar-refractivity contribution in [1.29, 1.82) is 0 Å². The molecule has 0 radical (unpaired) electrons. The van der Waals surface area contributed by atoms with Crippen molar-refractivity contribution in [1.82, 2.24) is 25.4 Å². The van der Waals surface area contributed by atoms with Gasteiger partial charge in [0.15, 0.2) is 0 Å². The van der Waals surface area contributed by atoms with Gasteiger partial charge in [-0.15, -0.1) is 20.4 Å². The number of hydrogen-bond acceptors (Lipinski definition) is 9. The lowest BCUT2D eigenvalue weighted by atomic mass is 9.77. The van der Waals surface area contributed by atoms with E-state index in [-0.39, 0.29) is 48.8 Å². The molecule has 2 N–H and O–H groups in total. The minimum Gasteiger partial charge on any atom is -0.301 e. The number of rotatable bonds is 7. The van der Waals surface area contributed by atoms with Gasteiger partial charge < -0.3 is 10.6 Å². The first kappa shape index (κ1) is 24.8. The normalized spacial score (nSPS) is 21.5. The Kier molecular flexibility index (Phi) is 7.02. The molecule has 0 saturated heterocycles. The second-order valence-corrected chi connectivity index (χ2v) is 11.4. The molecular formula is C23H25F2N7O2S2. The first-order chi connectivity index (χ1) is 17.2. The van der Waals surface area contributed by atoms with Gasteiger partial charge >= 0.3 is 0 Å². The fraction of sp³-hybridized carbons (Fsp3) is 0.522. The van der Waals surface area contributed by atoms with Gasteiger partial charge in [0, 0.05) is 43.5 Å². The lowest BCUT2D eigenvalue weighted by Gasteiger charge is -2.35. The third kappa shape index (κ3) is 5.89. The highest BCUT2D eigenvalue weighted by atomic mass is 32.1. The largest absolute Gasteiger partial charge is 0.301 e. The van der Waals surface area contributed by atoms with E-state index >= 15 is 0 Å². The van der Waals surface area contributed by atoms with Crippen molar-refractivity contribution in [3.05, 3.63) is 39.6 Å². The van der Waals surface area contributed by atoms with Gasteiger partial charge in [-0.1, -0.05) is 35.2 Å². The molecule has 2 atom stereocenters. The summed E-state index contributed by atoms with van der Waals surface area (Å²) in [5.41, 5.74) is 1.35. The molecule has 3 aromatic heterocycles. The highest BCUT2D eigenvalue weighted by molar-refractivity contribution is 7.15. The minimum atomic E-state index is -2.57. The number of aromatic nitrogens is 5. The fourth-order valence-corrected chi connectivity index (χ4v) is 6.54. The zero-order valence-corrected chi connectivity index (χ0v) is 21.2. The molecule has 9 nitrogen and oxygen atoms in total. The highest BCUT2D eigenvalue weighted by Crippen LogP contribution is 2.48. The summed E-state index contributed by atoms with van der Waals surface area (Å²) in [6.45, 7) is 1.44. The molecule has 2 amide bonds. The Balaban J connectivity index is 1.14. The van der Waals surface area contributed by atoms with Crippen LogP contribution in [0.3, 0.4) is 0 Å². The van der Waals surface area contributed by atoms with E-state index in [9.17, 15) is 18.4 Å². The number of alkyl halides is 2. The monoisotopic (exact) mass is 533 g/mol. The van der Waals surface area contributed by atoms with E-state index < -0.39 is 5.92 Å². The molecule has 2 aliphatic rings. The molecule has 5 rings (SSSR count). The van der Waals surface area contributed by atoms with E-state index in [0.29, 0.717) is 16.0 Å². The molecule has 190 valence electrons. The number of carbonyl (C=O) groups excluding carboxylic acids is 2. The molecule has 13 heteroatoms. The number of nitrogens with zero attached hydrogens (tertiary/aromatic N) is 5. The average Bonchev–Trinajstić information content (AvgIpc) is 3.47. The van der Waals surface area contributed by atoms with Crippen LogP contribution in [0.5, 0.6) is 0 Å². The van der Waals surface area contributed by atoms with E-state index in [1.165, 1.54) is 29.6 Å². The number of pyridine rings is 1. The van der Waals surface area contributed by atoms with Gasteiger partial charge in [-0.25, -0.2) is 8.78 Å². The van der Waals surface area contributed by atoms with Crippen LogP contribution in [0.4, 0.5) is 19.0 Å². The Hall–Kier alpha value is -2.93. The Morgan fingerprint density at radius 3 is 2.17 bits per heavy atom. The third-order valence-electron chi connectivity index (χ3n) is 6.53. The van der Waals surface area contributed by atoms with Gasteiger partial charge in [0.2, 0.25) is 28.0 Å². The Labute approximate surface area is 214 Å². The maximum absolute atomic E-state index is 13.1. The number of carbonyl (C=O) groups is 2. The molecule has 2 fully saturated rings. The second kappa shape index (κ2) is 10.2. The van der Waals surface area contributed by atoms with Gasteiger partial charge in [0.1, 0.15) is 10.0 Å². The van der Waals surface area contributed by atoms with Crippen LogP contribution < -0.4 is 10.6 Å². The Morgan fingerprint density at radius 2 is 1.61 bits per heavy atom. The smallest absolute Gasteiger partial charge is 0.249 e. The third-order valence-corrected chi connectivity index (χ3v) is 8.54. The van der Waals surface area contributed by atoms with Crippen molar-refractivity contribution < 1.29 is 18.4 Å². The molecule has 0 bridgehead atoms. The molecule has 2 aliphatic carbocycles. The summed E-state index contributed by atoms with van der Waals surface area (Å²) in [4.78, 5) is 28.0. The maximum Gasteiger partial charge on any atom is 0.249 e. The average molecular weight is 534 g/mol. The lowest BCUT2D eigenvalue weighted by molar-refractivity contribution is -0.116. The van der Waals surface area contributed by atoms with E-state index in [1.54, 1.807) is 18.3 Å². The van der Waals surface area contributed by atoms with Gasteiger partial charge in [-0.3, -0.25) is 14.6 Å². The molecule has 0 aliphatic heterocycles.